The van der Waals surface area contributed by atoms with Crippen LogP contribution in [0.5, 0.6) is 11.5 Å². The summed E-state index contributed by atoms with van der Waals surface area (Å²) < 4.78 is 15.8. The van der Waals surface area contributed by atoms with E-state index in [0.29, 0.717) is 23.7 Å². The van der Waals surface area contributed by atoms with E-state index in [2.05, 4.69) is 5.32 Å². The van der Waals surface area contributed by atoms with Crippen molar-refractivity contribution in [1.29, 1.82) is 0 Å². The van der Waals surface area contributed by atoms with E-state index in [4.69, 9.17) is 14.2 Å². The number of hydrogen-bond acceptors (Lipinski definition) is 5. The van der Waals surface area contributed by atoms with Crippen molar-refractivity contribution in [2.24, 2.45) is 0 Å². The Balaban J connectivity index is 2.81. The molecule has 1 aromatic carbocycles. The van der Waals surface area contributed by atoms with E-state index in [1.807, 2.05) is 27.7 Å². The summed E-state index contributed by atoms with van der Waals surface area (Å²) in [6, 6.07) is 4.73. The SMILES string of the molecule is CCOc1cc(C(=O)O[C@@H](C)C(=O)NC(C)(C)C)ccc1OC. The van der Waals surface area contributed by atoms with Crippen LogP contribution >= 0.6 is 0 Å². The van der Waals surface area contributed by atoms with E-state index in [-0.39, 0.29) is 11.4 Å². The van der Waals surface area contributed by atoms with Gasteiger partial charge in [-0.25, -0.2) is 4.79 Å². The minimum Gasteiger partial charge on any atom is -0.493 e. The van der Waals surface area contributed by atoms with Crippen LogP contribution in [0.2, 0.25) is 0 Å². The van der Waals surface area contributed by atoms with Crippen molar-refractivity contribution >= 4 is 11.9 Å². The number of esters is 1. The fourth-order valence-electron chi connectivity index (χ4n) is 1.83. The van der Waals surface area contributed by atoms with Crippen molar-refractivity contribution < 1.29 is 23.8 Å². The third-order valence-electron chi connectivity index (χ3n) is 2.85. The molecule has 0 radical (unpaired) electrons. The van der Waals surface area contributed by atoms with E-state index in [1.165, 1.54) is 14.0 Å². The Labute approximate surface area is 137 Å². The molecule has 1 amide bonds. The zero-order chi connectivity index (χ0) is 17.6. The Morgan fingerprint density at radius 1 is 1.22 bits per heavy atom. The molecule has 6 heteroatoms. The molecule has 1 aromatic rings. The number of amides is 1. The van der Waals surface area contributed by atoms with Gasteiger partial charge in [-0.15, -0.1) is 0 Å². The highest BCUT2D eigenvalue weighted by molar-refractivity contribution is 5.93. The monoisotopic (exact) mass is 323 g/mol. The fourth-order valence-corrected chi connectivity index (χ4v) is 1.83. The zero-order valence-electron chi connectivity index (χ0n) is 14.6. The smallest absolute Gasteiger partial charge is 0.339 e. The summed E-state index contributed by atoms with van der Waals surface area (Å²) in [4.78, 5) is 24.1. The second kappa shape index (κ2) is 7.85. The molecule has 6 nitrogen and oxygen atoms in total. The number of carbonyl (C=O) groups is 2. The summed E-state index contributed by atoms with van der Waals surface area (Å²) in [7, 11) is 1.52. The van der Waals surface area contributed by atoms with Gasteiger partial charge in [-0.2, -0.15) is 0 Å². The van der Waals surface area contributed by atoms with Gasteiger partial charge in [-0.3, -0.25) is 4.79 Å². The van der Waals surface area contributed by atoms with Crippen molar-refractivity contribution in [2.45, 2.75) is 46.3 Å². The minimum atomic E-state index is -0.889. The standard InChI is InChI=1S/C17H25NO5/c1-7-22-14-10-12(8-9-13(14)21-6)16(20)23-11(2)15(19)18-17(3,4)5/h8-11H,7H2,1-6H3,(H,18,19)/t11-/m0/s1. The number of methoxy groups -OCH3 is 1. The lowest BCUT2D eigenvalue weighted by molar-refractivity contribution is -0.130. The van der Waals surface area contributed by atoms with Crippen molar-refractivity contribution in [3.05, 3.63) is 23.8 Å². The first-order valence-corrected chi connectivity index (χ1v) is 7.51. The summed E-state index contributed by atoms with van der Waals surface area (Å²) >= 11 is 0. The lowest BCUT2D eigenvalue weighted by Gasteiger charge is -2.23. The van der Waals surface area contributed by atoms with E-state index in [0.717, 1.165) is 0 Å². The lowest BCUT2D eigenvalue weighted by Crippen LogP contribution is -2.46. The molecule has 0 fully saturated rings. The highest BCUT2D eigenvalue weighted by atomic mass is 16.5. The maximum Gasteiger partial charge on any atom is 0.339 e. The first-order chi connectivity index (χ1) is 10.7. The molecule has 0 bridgehead atoms. The van der Waals surface area contributed by atoms with Gasteiger partial charge in [0.1, 0.15) is 0 Å². The second-order valence-corrected chi connectivity index (χ2v) is 6.09. The molecule has 0 aliphatic heterocycles. The van der Waals surface area contributed by atoms with Crippen LogP contribution in [-0.4, -0.2) is 37.2 Å². The predicted octanol–water partition coefficient (Wildman–Crippen LogP) is 2.55. The summed E-state index contributed by atoms with van der Waals surface area (Å²) in [5, 5.41) is 2.76. The maximum absolute atomic E-state index is 12.2. The largest absolute Gasteiger partial charge is 0.493 e. The Morgan fingerprint density at radius 3 is 2.39 bits per heavy atom. The van der Waals surface area contributed by atoms with Crippen molar-refractivity contribution in [1.82, 2.24) is 5.32 Å². The van der Waals surface area contributed by atoms with Crippen molar-refractivity contribution in [3.63, 3.8) is 0 Å². The molecule has 1 rings (SSSR count). The van der Waals surface area contributed by atoms with E-state index < -0.39 is 12.1 Å². The number of carbonyl (C=O) groups excluding carboxylic acids is 2. The molecule has 0 unspecified atom stereocenters. The van der Waals surface area contributed by atoms with Gasteiger partial charge in [0.05, 0.1) is 19.3 Å². The Kier molecular flexibility index (Phi) is 6.42. The van der Waals surface area contributed by atoms with Gasteiger partial charge >= 0.3 is 5.97 Å². The molecule has 0 spiro atoms. The van der Waals surface area contributed by atoms with Crippen LogP contribution in [0, 0.1) is 0 Å². The predicted molar refractivity (Wildman–Crippen MR) is 86.9 cm³/mol. The number of nitrogens with one attached hydrogen (secondary N) is 1. The van der Waals surface area contributed by atoms with Crippen LogP contribution in [0.15, 0.2) is 18.2 Å². The average Bonchev–Trinajstić information content (AvgIpc) is 2.45. The third-order valence-corrected chi connectivity index (χ3v) is 2.85. The van der Waals surface area contributed by atoms with Crippen LogP contribution in [0.1, 0.15) is 45.0 Å². The summed E-state index contributed by atoms with van der Waals surface area (Å²) in [6.45, 7) is 9.39. The van der Waals surface area contributed by atoms with E-state index in [9.17, 15) is 9.59 Å². The molecular weight excluding hydrogens is 298 g/mol. The normalized spacial score (nSPS) is 12.3. The Morgan fingerprint density at radius 2 is 1.87 bits per heavy atom. The maximum atomic E-state index is 12.2. The van der Waals surface area contributed by atoms with Gasteiger partial charge in [0, 0.05) is 5.54 Å². The topological polar surface area (TPSA) is 73.9 Å². The molecule has 1 N–H and O–H groups in total. The number of ether oxygens (including phenoxy) is 3. The Hall–Kier alpha value is -2.24. The molecule has 0 heterocycles. The number of benzene rings is 1. The van der Waals surface area contributed by atoms with Gasteiger partial charge in [0.15, 0.2) is 17.6 Å². The third kappa shape index (κ3) is 5.81. The highest BCUT2D eigenvalue weighted by Crippen LogP contribution is 2.28. The first-order valence-electron chi connectivity index (χ1n) is 7.51. The minimum absolute atomic E-state index is 0.296. The summed E-state index contributed by atoms with van der Waals surface area (Å²) in [5.41, 5.74) is -0.0929. The Bertz CT molecular complexity index is 563. The van der Waals surface area contributed by atoms with Gasteiger partial charge in [0.2, 0.25) is 0 Å². The van der Waals surface area contributed by atoms with Crippen LogP contribution < -0.4 is 14.8 Å². The number of rotatable bonds is 6. The molecule has 0 saturated heterocycles. The average molecular weight is 323 g/mol. The van der Waals surface area contributed by atoms with Crippen LogP contribution in [-0.2, 0) is 9.53 Å². The summed E-state index contributed by atoms with van der Waals surface area (Å²) in [6.07, 6.45) is -0.889. The first kappa shape index (κ1) is 18.8. The molecular formula is C17H25NO5. The molecule has 0 aliphatic rings. The van der Waals surface area contributed by atoms with Gasteiger partial charge in [0.25, 0.3) is 5.91 Å². The van der Waals surface area contributed by atoms with Crippen LogP contribution in [0.4, 0.5) is 0 Å². The van der Waals surface area contributed by atoms with E-state index in [1.54, 1.807) is 18.2 Å². The van der Waals surface area contributed by atoms with Gasteiger partial charge in [-0.1, -0.05) is 0 Å². The quantitative estimate of drug-likeness (QED) is 0.814. The van der Waals surface area contributed by atoms with E-state index >= 15 is 0 Å². The highest BCUT2D eigenvalue weighted by Gasteiger charge is 2.23. The number of hydrogen-bond donors (Lipinski definition) is 1. The van der Waals surface area contributed by atoms with Gasteiger partial charge in [-0.05, 0) is 52.8 Å². The summed E-state index contributed by atoms with van der Waals surface area (Å²) in [5.74, 6) is 0.0488. The van der Waals surface area contributed by atoms with Crippen LogP contribution in [0.3, 0.4) is 0 Å². The molecule has 1 atom stereocenters. The fraction of sp³-hybridized carbons (Fsp3) is 0.529. The lowest BCUT2D eigenvalue weighted by atomic mass is 10.1. The zero-order valence-corrected chi connectivity index (χ0v) is 14.6. The van der Waals surface area contributed by atoms with Gasteiger partial charge < -0.3 is 19.5 Å². The van der Waals surface area contributed by atoms with Crippen molar-refractivity contribution in [2.75, 3.05) is 13.7 Å². The second-order valence-electron chi connectivity index (χ2n) is 6.09. The van der Waals surface area contributed by atoms with Crippen LogP contribution in [0.25, 0.3) is 0 Å². The molecule has 0 aliphatic carbocycles. The molecule has 0 saturated carbocycles. The molecule has 0 aromatic heterocycles. The van der Waals surface area contributed by atoms with Crippen molar-refractivity contribution in [3.8, 4) is 11.5 Å². The molecule has 128 valence electrons. The molecule has 23 heavy (non-hydrogen) atoms.